The topological polar surface area (TPSA) is 267 Å². The van der Waals surface area contributed by atoms with Crippen molar-refractivity contribution in [2.24, 2.45) is 50.2 Å². The predicted octanol–water partition coefficient (Wildman–Crippen LogP) is 2.25. The number of carbonyl (C=O) groups is 4. The van der Waals surface area contributed by atoms with E-state index >= 15 is 0 Å². The van der Waals surface area contributed by atoms with Crippen molar-refractivity contribution in [1.29, 1.82) is 0 Å². The van der Waals surface area contributed by atoms with Gasteiger partial charge in [-0.2, -0.15) is 0 Å². The molecule has 6 fully saturated rings. The van der Waals surface area contributed by atoms with Crippen molar-refractivity contribution in [1.82, 2.24) is 0 Å². The van der Waals surface area contributed by atoms with E-state index in [1.165, 1.54) is 0 Å². The van der Waals surface area contributed by atoms with Gasteiger partial charge in [-0.25, -0.2) is 9.59 Å². The fourth-order valence-electron chi connectivity index (χ4n) is 13.4. The Morgan fingerprint density at radius 1 is 0.690 bits per heavy atom. The van der Waals surface area contributed by atoms with Crippen LogP contribution in [0.25, 0.3) is 0 Å². The van der Waals surface area contributed by atoms with Gasteiger partial charge in [0.05, 0.1) is 11.5 Å². The number of aliphatic hydroxyl groups excluding tert-OH is 5. The molecule has 8 N–H and O–H groups in total. The van der Waals surface area contributed by atoms with Gasteiger partial charge in [-0.3, -0.25) is 9.59 Å². The largest absolute Gasteiger partial charge is 0.481 e. The molecule has 0 bridgehead atoms. The molecule has 4 saturated carbocycles. The lowest BCUT2D eigenvalue weighted by Crippen LogP contribution is -2.68. The second kappa shape index (κ2) is 14.3. The van der Waals surface area contributed by atoms with Crippen LogP contribution in [0.4, 0.5) is 0 Å². The standard InChI is InChI=1S/C42H62O16/c1-37(2)21-8-11-42(7)31(20(43)16-18-19-17-39(4,36(53)54)13-12-38(19,3)14-15-41(18,42)6)40(21,5)10-9-22(37)55-35-30(26(47)25(46)29(57-35)33(51)52)58-34-27(48)23(44)24(45)28(56-34)32(49)50/h16,19,21-31,34-35,44-48H,8-15,17H2,1-7H3,(H,49,50)(H,51,52)(H,53,54)/t19-,21+,22+,23+,24-,25-,26+,27+,28+,29+,30+,31-,34+,35+,38-,39+,40-,41-,42-/m1/s1. The lowest BCUT2D eigenvalue weighted by molar-refractivity contribution is -0.371. The molecule has 0 aromatic heterocycles. The highest BCUT2D eigenvalue weighted by molar-refractivity contribution is 5.95. The summed E-state index contributed by atoms with van der Waals surface area (Å²) in [4.78, 5) is 51.3. The van der Waals surface area contributed by atoms with E-state index in [9.17, 15) is 60.0 Å². The molecule has 0 amide bonds. The van der Waals surface area contributed by atoms with Gasteiger partial charge in [-0.05, 0) is 110 Å². The van der Waals surface area contributed by atoms with Crippen LogP contribution >= 0.6 is 0 Å². The smallest absolute Gasteiger partial charge is 0.335 e. The highest BCUT2D eigenvalue weighted by atomic mass is 16.8. The number of aliphatic carboxylic acids is 3. The minimum Gasteiger partial charge on any atom is -0.481 e. The number of carbonyl (C=O) groups excluding carboxylic acids is 1. The molecule has 0 radical (unpaired) electrons. The monoisotopic (exact) mass is 822 g/mol. The Bertz CT molecular complexity index is 1730. The lowest BCUT2D eigenvalue weighted by Gasteiger charge is -2.70. The van der Waals surface area contributed by atoms with E-state index in [2.05, 4.69) is 27.7 Å². The first kappa shape index (κ1) is 43.5. The van der Waals surface area contributed by atoms with Gasteiger partial charge in [0, 0.05) is 5.92 Å². The third-order valence-electron chi connectivity index (χ3n) is 17.2. The van der Waals surface area contributed by atoms with E-state index in [4.69, 9.17) is 18.9 Å². The Hall–Kier alpha value is -2.54. The van der Waals surface area contributed by atoms with Gasteiger partial charge >= 0.3 is 17.9 Å². The number of fused-ring (bicyclic) bond motifs is 7. The van der Waals surface area contributed by atoms with Gasteiger partial charge in [-0.1, -0.05) is 47.1 Å². The molecule has 0 aromatic carbocycles. The molecular formula is C42H62O16. The normalized spacial score (nSPS) is 52.6. The molecule has 5 aliphatic carbocycles. The van der Waals surface area contributed by atoms with Crippen LogP contribution in [0.1, 0.15) is 106 Å². The maximum Gasteiger partial charge on any atom is 0.335 e. The second-order valence-corrected chi connectivity index (χ2v) is 20.6. The molecule has 19 atom stereocenters. The molecular weight excluding hydrogens is 760 g/mol. The maximum atomic E-state index is 14.8. The number of ketones is 1. The summed E-state index contributed by atoms with van der Waals surface area (Å²) in [6.45, 7) is 14.8. The van der Waals surface area contributed by atoms with Gasteiger partial charge in [0.1, 0.15) is 36.6 Å². The van der Waals surface area contributed by atoms with E-state index in [0.29, 0.717) is 25.7 Å². The molecule has 2 heterocycles. The summed E-state index contributed by atoms with van der Waals surface area (Å²) in [7, 11) is 0. The van der Waals surface area contributed by atoms with Gasteiger partial charge in [0.2, 0.25) is 0 Å². The van der Waals surface area contributed by atoms with Gasteiger partial charge in [-0.15, -0.1) is 0 Å². The van der Waals surface area contributed by atoms with Gasteiger partial charge < -0.3 is 59.8 Å². The van der Waals surface area contributed by atoms with Crippen LogP contribution in [-0.2, 0) is 38.1 Å². The van der Waals surface area contributed by atoms with E-state index in [1.807, 2.05) is 26.8 Å². The van der Waals surface area contributed by atoms with E-state index in [0.717, 1.165) is 37.7 Å². The Morgan fingerprint density at radius 2 is 1.28 bits per heavy atom. The second-order valence-electron chi connectivity index (χ2n) is 20.6. The van der Waals surface area contributed by atoms with Crippen LogP contribution in [0.5, 0.6) is 0 Å². The fraction of sp³-hybridized carbons (Fsp3) is 0.857. The highest BCUT2D eigenvalue weighted by Gasteiger charge is 2.71. The predicted molar refractivity (Wildman–Crippen MR) is 199 cm³/mol. The van der Waals surface area contributed by atoms with Crippen LogP contribution < -0.4 is 0 Å². The molecule has 0 spiro atoms. The summed E-state index contributed by atoms with van der Waals surface area (Å²) in [5, 5.41) is 83.0. The summed E-state index contributed by atoms with van der Waals surface area (Å²) in [6, 6.07) is 0. The zero-order chi connectivity index (χ0) is 42.9. The average molecular weight is 823 g/mol. The van der Waals surface area contributed by atoms with Crippen LogP contribution in [0.2, 0.25) is 0 Å². The Morgan fingerprint density at radius 3 is 1.88 bits per heavy atom. The number of rotatable bonds is 7. The summed E-state index contributed by atoms with van der Waals surface area (Å²) < 4.78 is 23.4. The molecule has 2 saturated heterocycles. The first-order chi connectivity index (χ1) is 26.8. The zero-order valence-corrected chi connectivity index (χ0v) is 34.4. The molecule has 7 aliphatic rings. The third-order valence-corrected chi connectivity index (χ3v) is 17.2. The van der Waals surface area contributed by atoms with Crippen LogP contribution in [0.15, 0.2) is 11.6 Å². The number of allylic oxidation sites excluding steroid dienone is 2. The summed E-state index contributed by atoms with van der Waals surface area (Å²) in [5.41, 5.74) is -1.81. The average Bonchev–Trinajstić information content (AvgIpc) is 3.13. The van der Waals surface area contributed by atoms with Crippen molar-refractivity contribution < 1.29 is 79.0 Å². The molecule has 326 valence electrons. The van der Waals surface area contributed by atoms with Gasteiger partial charge in [0.25, 0.3) is 0 Å². The number of carboxylic acid groups (broad SMARTS) is 3. The van der Waals surface area contributed by atoms with Gasteiger partial charge in [0.15, 0.2) is 30.6 Å². The van der Waals surface area contributed by atoms with Crippen LogP contribution in [0.3, 0.4) is 0 Å². The van der Waals surface area contributed by atoms with E-state index < -0.39 is 107 Å². The molecule has 7 rings (SSSR count). The third kappa shape index (κ3) is 6.25. The number of aliphatic hydroxyl groups is 5. The summed E-state index contributed by atoms with van der Waals surface area (Å²) in [5.74, 6) is -4.47. The Kier molecular flexibility index (Phi) is 10.7. The Labute approximate surface area is 337 Å². The molecule has 58 heavy (non-hydrogen) atoms. The fourth-order valence-corrected chi connectivity index (χ4v) is 13.4. The SMILES string of the molecule is CC1(C)[C@@H](O[C@H]2O[C@H](C(=O)O)[C@H](O)[C@H](O)[C@@H]2O[C@@H]2O[C@H](C(=O)O)[C@H](O)[C@H](O)[C@@H]2O)CC[C@@]2(C)[C@H]3C(=O)C=C4[C@H]5C[C@@](C)(C(=O)O)CC[C@]5(C)CC[C@@]4(C)[C@]3(C)CC[C@@H]12. The van der Waals surface area contributed by atoms with Crippen molar-refractivity contribution in [3.63, 3.8) is 0 Å². The minimum atomic E-state index is -2.05. The maximum absolute atomic E-state index is 14.8. The first-order valence-corrected chi connectivity index (χ1v) is 20.7. The van der Waals surface area contributed by atoms with Crippen molar-refractivity contribution >= 4 is 23.7 Å². The Balaban J connectivity index is 1.17. The summed E-state index contributed by atoms with van der Waals surface area (Å²) in [6.07, 6.45) is -12.2. The number of ether oxygens (including phenoxy) is 4. The van der Waals surface area contributed by atoms with Crippen LogP contribution in [-0.4, -0.2) is 132 Å². The molecule has 16 nitrogen and oxygen atoms in total. The molecule has 2 aliphatic heterocycles. The van der Waals surface area contributed by atoms with Crippen molar-refractivity contribution in [3.05, 3.63) is 11.6 Å². The summed E-state index contributed by atoms with van der Waals surface area (Å²) >= 11 is 0. The van der Waals surface area contributed by atoms with Crippen LogP contribution in [0, 0.1) is 50.2 Å². The van der Waals surface area contributed by atoms with Crippen molar-refractivity contribution in [2.45, 2.75) is 174 Å². The van der Waals surface area contributed by atoms with Crippen molar-refractivity contribution in [3.8, 4) is 0 Å². The molecule has 0 unspecified atom stereocenters. The molecule has 16 heteroatoms. The minimum absolute atomic E-state index is 0.0217. The van der Waals surface area contributed by atoms with E-state index in [-0.39, 0.29) is 34.4 Å². The number of hydrogen-bond acceptors (Lipinski definition) is 13. The van der Waals surface area contributed by atoms with Crippen molar-refractivity contribution in [2.75, 3.05) is 0 Å². The highest BCUT2D eigenvalue weighted by Crippen LogP contribution is 2.75. The zero-order valence-electron chi connectivity index (χ0n) is 34.4. The molecule has 0 aromatic rings. The number of hydrogen-bond donors (Lipinski definition) is 8. The number of carboxylic acids is 3. The van der Waals surface area contributed by atoms with E-state index in [1.54, 1.807) is 0 Å². The lowest BCUT2D eigenvalue weighted by atomic mass is 9.33. The first-order valence-electron chi connectivity index (χ1n) is 20.7. The quantitative estimate of drug-likeness (QED) is 0.171.